The first-order valence-corrected chi connectivity index (χ1v) is 10.1. The summed E-state index contributed by atoms with van der Waals surface area (Å²) < 4.78 is 34.5. The van der Waals surface area contributed by atoms with Gasteiger partial charge in [-0.2, -0.15) is 13.8 Å². The molecule has 1 aliphatic heterocycles. The molecule has 0 bridgehead atoms. The lowest BCUT2D eigenvalue weighted by Crippen LogP contribution is -2.48. The molecule has 1 aliphatic carbocycles. The first kappa shape index (κ1) is 21.7. The molecular weight excluding hydrogens is 426 g/mol. The summed E-state index contributed by atoms with van der Waals surface area (Å²) >= 11 is 0. The van der Waals surface area contributed by atoms with E-state index < -0.39 is 24.3 Å². The number of carbonyl (C=O) groups excluding carboxylic acids is 1. The van der Waals surface area contributed by atoms with Gasteiger partial charge in [-0.15, -0.1) is 0 Å². The van der Waals surface area contributed by atoms with E-state index in [1.54, 1.807) is 0 Å². The third-order valence-corrected chi connectivity index (χ3v) is 5.69. The minimum absolute atomic E-state index is 0.0704. The van der Waals surface area contributed by atoms with Crippen molar-refractivity contribution in [3.05, 3.63) is 24.2 Å². The third-order valence-electron chi connectivity index (χ3n) is 5.69. The van der Waals surface area contributed by atoms with Crippen molar-refractivity contribution in [1.29, 1.82) is 0 Å². The number of amides is 1. The van der Waals surface area contributed by atoms with Crippen LogP contribution in [0.25, 0.3) is 0 Å². The number of halogens is 2. The van der Waals surface area contributed by atoms with Gasteiger partial charge in [0.1, 0.15) is 17.1 Å². The zero-order valence-corrected chi connectivity index (χ0v) is 17.5. The fourth-order valence-corrected chi connectivity index (χ4v) is 4.04. The maximum atomic E-state index is 14.7. The standard InChI is InChI=1S/C20H22F2N6O4/c1-27-14-9-24-19(25-13-8-23-12(17(29)30)7-15(13)32-2)26-16(14)28(11-5-3-4-6-11)10-20(21,22)18(27)31/h7-9,11H,3-6,10H2,1-2H3,(H,29,30)(H,24,25,26). The first-order chi connectivity index (χ1) is 15.2. The van der Waals surface area contributed by atoms with Gasteiger partial charge >= 0.3 is 11.9 Å². The van der Waals surface area contributed by atoms with Crippen molar-refractivity contribution in [1.82, 2.24) is 15.0 Å². The molecule has 32 heavy (non-hydrogen) atoms. The SMILES string of the molecule is COc1cc(C(=O)O)ncc1Nc1ncc2c(n1)N(C1CCCC1)CC(F)(F)C(=O)N2C. The van der Waals surface area contributed by atoms with Crippen LogP contribution in [-0.2, 0) is 4.79 Å². The van der Waals surface area contributed by atoms with Crippen LogP contribution in [0, 0.1) is 0 Å². The molecule has 0 spiro atoms. The number of fused-ring (bicyclic) bond motifs is 1. The summed E-state index contributed by atoms with van der Waals surface area (Å²) in [6.45, 7) is -0.761. The second-order valence-electron chi connectivity index (χ2n) is 7.74. The van der Waals surface area contributed by atoms with Crippen molar-refractivity contribution in [3.8, 4) is 5.75 Å². The van der Waals surface area contributed by atoms with E-state index in [0.29, 0.717) is 5.69 Å². The minimum atomic E-state index is -3.56. The number of nitrogens with zero attached hydrogens (tertiary/aromatic N) is 5. The van der Waals surface area contributed by atoms with Crippen LogP contribution < -0.4 is 19.9 Å². The van der Waals surface area contributed by atoms with Gasteiger partial charge in [0, 0.05) is 19.2 Å². The largest absolute Gasteiger partial charge is 0.494 e. The highest BCUT2D eigenvalue weighted by atomic mass is 19.3. The number of carboxylic acids is 1. The van der Waals surface area contributed by atoms with Crippen LogP contribution in [0.15, 0.2) is 18.5 Å². The van der Waals surface area contributed by atoms with Gasteiger partial charge in [-0.3, -0.25) is 4.79 Å². The molecule has 0 aromatic carbocycles. The fraction of sp³-hybridized carbons (Fsp3) is 0.450. The Morgan fingerprint density at radius 3 is 2.66 bits per heavy atom. The van der Waals surface area contributed by atoms with Crippen molar-refractivity contribution in [2.24, 2.45) is 0 Å². The summed E-state index contributed by atoms with van der Waals surface area (Å²) in [5.41, 5.74) is 0.286. The van der Waals surface area contributed by atoms with E-state index in [0.717, 1.165) is 30.6 Å². The molecule has 0 saturated heterocycles. The Labute approximate surface area is 182 Å². The molecule has 2 aliphatic rings. The van der Waals surface area contributed by atoms with Gasteiger partial charge in [0.2, 0.25) is 5.95 Å². The zero-order chi connectivity index (χ0) is 23.0. The van der Waals surface area contributed by atoms with Gasteiger partial charge in [0.15, 0.2) is 11.5 Å². The molecule has 1 fully saturated rings. The van der Waals surface area contributed by atoms with Gasteiger partial charge in [0.25, 0.3) is 5.91 Å². The van der Waals surface area contributed by atoms with Crippen molar-refractivity contribution in [3.63, 3.8) is 0 Å². The number of methoxy groups -OCH3 is 1. The normalized spacial score (nSPS) is 18.3. The number of nitrogens with one attached hydrogen (secondary N) is 1. The molecule has 2 N–H and O–H groups in total. The minimum Gasteiger partial charge on any atom is -0.494 e. The Balaban J connectivity index is 1.74. The summed E-state index contributed by atoms with van der Waals surface area (Å²) in [6.07, 6.45) is 5.87. The lowest BCUT2D eigenvalue weighted by atomic mass is 10.2. The summed E-state index contributed by atoms with van der Waals surface area (Å²) in [4.78, 5) is 38.3. The van der Waals surface area contributed by atoms with E-state index in [-0.39, 0.29) is 34.9 Å². The highest BCUT2D eigenvalue weighted by molar-refractivity contribution is 6.02. The van der Waals surface area contributed by atoms with Crippen molar-refractivity contribution in [2.45, 2.75) is 37.6 Å². The van der Waals surface area contributed by atoms with Crippen LogP contribution in [0.4, 0.5) is 31.9 Å². The Morgan fingerprint density at radius 2 is 2.00 bits per heavy atom. The van der Waals surface area contributed by atoms with E-state index in [1.165, 1.54) is 37.5 Å². The van der Waals surface area contributed by atoms with Gasteiger partial charge in [0.05, 0.1) is 26.0 Å². The summed E-state index contributed by atoms with van der Waals surface area (Å²) in [6, 6.07) is 1.08. The predicted molar refractivity (Wildman–Crippen MR) is 111 cm³/mol. The van der Waals surface area contributed by atoms with Crippen molar-refractivity contribution in [2.75, 3.05) is 35.8 Å². The van der Waals surface area contributed by atoms with Crippen LogP contribution in [0.5, 0.6) is 5.75 Å². The maximum absolute atomic E-state index is 14.7. The van der Waals surface area contributed by atoms with Gasteiger partial charge in [-0.05, 0) is 12.8 Å². The maximum Gasteiger partial charge on any atom is 0.354 e. The molecule has 0 unspecified atom stereocenters. The van der Waals surface area contributed by atoms with Gasteiger partial charge in [-0.1, -0.05) is 12.8 Å². The van der Waals surface area contributed by atoms with Crippen LogP contribution in [-0.4, -0.2) is 64.6 Å². The number of carbonyl (C=O) groups is 2. The number of carboxylic acid groups (broad SMARTS) is 1. The summed E-state index contributed by atoms with van der Waals surface area (Å²) in [5, 5.41) is 12.0. The number of rotatable bonds is 5. The number of hydrogen-bond acceptors (Lipinski definition) is 8. The number of anilines is 4. The van der Waals surface area contributed by atoms with E-state index in [4.69, 9.17) is 9.84 Å². The molecule has 1 saturated carbocycles. The lowest BCUT2D eigenvalue weighted by Gasteiger charge is -2.31. The van der Waals surface area contributed by atoms with Crippen LogP contribution in [0.2, 0.25) is 0 Å². The van der Waals surface area contributed by atoms with Crippen molar-refractivity contribution >= 4 is 35.0 Å². The zero-order valence-electron chi connectivity index (χ0n) is 17.5. The smallest absolute Gasteiger partial charge is 0.354 e. The van der Waals surface area contributed by atoms with Crippen LogP contribution >= 0.6 is 0 Å². The molecule has 0 atom stereocenters. The number of hydrogen-bond donors (Lipinski definition) is 2. The lowest BCUT2D eigenvalue weighted by molar-refractivity contribution is -0.140. The number of aromatic nitrogens is 3. The Hall–Kier alpha value is -3.57. The monoisotopic (exact) mass is 448 g/mol. The molecular formula is C20H22F2N6O4. The Kier molecular flexibility index (Phi) is 5.53. The second-order valence-corrected chi connectivity index (χ2v) is 7.74. The Morgan fingerprint density at radius 1 is 1.28 bits per heavy atom. The fourth-order valence-electron chi connectivity index (χ4n) is 4.04. The number of ether oxygens (including phenoxy) is 1. The average molecular weight is 448 g/mol. The molecule has 10 nitrogen and oxygen atoms in total. The Bertz CT molecular complexity index is 1060. The molecule has 170 valence electrons. The molecule has 2 aromatic heterocycles. The predicted octanol–water partition coefficient (Wildman–Crippen LogP) is 2.68. The number of alkyl halides is 2. The van der Waals surface area contributed by atoms with Crippen LogP contribution in [0.1, 0.15) is 36.2 Å². The highest BCUT2D eigenvalue weighted by Gasteiger charge is 2.48. The molecule has 1 amide bonds. The quantitative estimate of drug-likeness (QED) is 0.711. The molecule has 4 rings (SSSR count). The molecule has 0 radical (unpaired) electrons. The van der Waals surface area contributed by atoms with Gasteiger partial charge in [-0.25, -0.2) is 14.8 Å². The molecule has 3 heterocycles. The average Bonchev–Trinajstić information content (AvgIpc) is 3.29. The second kappa shape index (κ2) is 8.17. The molecule has 2 aromatic rings. The van der Waals surface area contributed by atoms with Crippen LogP contribution in [0.3, 0.4) is 0 Å². The number of pyridine rings is 1. The van der Waals surface area contributed by atoms with E-state index in [2.05, 4.69) is 20.3 Å². The summed E-state index contributed by atoms with van der Waals surface area (Å²) in [5.74, 6) is -5.58. The van der Waals surface area contributed by atoms with E-state index in [9.17, 15) is 18.4 Å². The number of aromatic carboxylic acids is 1. The van der Waals surface area contributed by atoms with Crippen molar-refractivity contribution < 1.29 is 28.2 Å². The highest BCUT2D eigenvalue weighted by Crippen LogP contribution is 2.40. The van der Waals surface area contributed by atoms with Gasteiger partial charge < -0.3 is 25.0 Å². The van der Waals surface area contributed by atoms with E-state index >= 15 is 0 Å². The third kappa shape index (κ3) is 3.87. The summed E-state index contributed by atoms with van der Waals surface area (Å²) in [7, 11) is 2.65. The van der Waals surface area contributed by atoms with E-state index in [1.807, 2.05) is 0 Å². The topological polar surface area (TPSA) is 121 Å². The molecule has 12 heteroatoms. The first-order valence-electron chi connectivity index (χ1n) is 10.1.